The molecule has 0 spiro atoms. The summed E-state index contributed by atoms with van der Waals surface area (Å²) in [6.45, 7) is 11.7. The van der Waals surface area contributed by atoms with Gasteiger partial charge in [-0.15, -0.1) is 0 Å². The molecule has 0 atom stereocenters. The lowest BCUT2D eigenvalue weighted by atomic mass is 10.3. The Morgan fingerprint density at radius 1 is 1.03 bits per heavy atom. The first-order chi connectivity index (χ1) is 13.9. The molecule has 1 aliphatic rings. The van der Waals surface area contributed by atoms with Gasteiger partial charge in [0.15, 0.2) is 0 Å². The van der Waals surface area contributed by atoms with Gasteiger partial charge in [-0.3, -0.25) is 4.79 Å². The summed E-state index contributed by atoms with van der Waals surface area (Å²) in [5.74, 6) is 0.480. The highest BCUT2D eigenvalue weighted by Gasteiger charge is 2.16. The van der Waals surface area contributed by atoms with Crippen LogP contribution in [0.5, 0.6) is 5.75 Å². The second-order valence-electron chi connectivity index (χ2n) is 7.03. The maximum Gasteiger partial charge on any atom is 0.240 e. The molecule has 2 N–H and O–H groups in total. The Balaban J connectivity index is 1.60. The minimum absolute atomic E-state index is 0.0698. The summed E-state index contributed by atoms with van der Waals surface area (Å²) >= 11 is 0. The second-order valence-corrected chi connectivity index (χ2v) is 8.80. The van der Waals surface area contributed by atoms with Crippen molar-refractivity contribution in [2.24, 2.45) is 0 Å². The van der Waals surface area contributed by atoms with Crippen molar-refractivity contribution in [1.82, 2.24) is 19.8 Å². The van der Waals surface area contributed by atoms with E-state index in [1.165, 1.54) is 12.1 Å². The molecule has 8 nitrogen and oxygen atoms in total. The van der Waals surface area contributed by atoms with Crippen LogP contribution in [0.15, 0.2) is 29.2 Å². The summed E-state index contributed by atoms with van der Waals surface area (Å²) in [6.07, 6.45) is 1.02. The number of hydrogen-bond donors (Lipinski definition) is 2. The number of carbonyl (C=O) groups excluding carboxylic acids is 1. The van der Waals surface area contributed by atoms with Gasteiger partial charge in [-0.1, -0.05) is 6.92 Å². The fourth-order valence-corrected chi connectivity index (χ4v) is 4.24. The highest BCUT2D eigenvalue weighted by Crippen LogP contribution is 2.15. The summed E-state index contributed by atoms with van der Waals surface area (Å²) in [7, 11) is -3.63. The lowest BCUT2D eigenvalue weighted by Crippen LogP contribution is -2.46. The number of nitrogens with one attached hydrogen (secondary N) is 2. The predicted molar refractivity (Wildman–Crippen MR) is 114 cm³/mol. The number of amides is 1. The van der Waals surface area contributed by atoms with Crippen molar-refractivity contribution in [3.8, 4) is 5.75 Å². The topological polar surface area (TPSA) is 91.0 Å². The number of benzene rings is 1. The molecule has 0 aliphatic carbocycles. The molecule has 164 valence electrons. The van der Waals surface area contributed by atoms with Crippen LogP contribution >= 0.6 is 0 Å². The summed E-state index contributed by atoms with van der Waals surface area (Å²) in [4.78, 5) is 16.9. The molecule has 9 heteroatoms. The van der Waals surface area contributed by atoms with Gasteiger partial charge in [0.1, 0.15) is 5.75 Å². The number of carbonyl (C=O) groups is 1. The maximum atomic E-state index is 12.3. The van der Waals surface area contributed by atoms with E-state index in [1.54, 1.807) is 12.1 Å². The van der Waals surface area contributed by atoms with Gasteiger partial charge < -0.3 is 19.9 Å². The predicted octanol–water partition coefficient (Wildman–Crippen LogP) is 0.898. The van der Waals surface area contributed by atoms with Crippen LogP contribution < -0.4 is 14.8 Å². The average molecular weight is 427 g/mol. The van der Waals surface area contributed by atoms with Gasteiger partial charge >= 0.3 is 0 Å². The molecular formula is C20H34N4O4S. The van der Waals surface area contributed by atoms with Crippen LogP contribution in [0.3, 0.4) is 0 Å². The molecule has 0 unspecified atom stereocenters. The molecule has 1 saturated heterocycles. The van der Waals surface area contributed by atoms with E-state index in [1.807, 2.05) is 6.92 Å². The number of rotatable bonds is 12. The average Bonchev–Trinajstić information content (AvgIpc) is 2.72. The first kappa shape index (κ1) is 23.6. The van der Waals surface area contributed by atoms with Crippen LogP contribution in [0.4, 0.5) is 0 Å². The molecule has 29 heavy (non-hydrogen) atoms. The summed E-state index contributed by atoms with van der Waals surface area (Å²) in [5.41, 5.74) is 0. The minimum atomic E-state index is -3.63. The molecule has 1 heterocycles. The summed E-state index contributed by atoms with van der Waals surface area (Å²) in [6, 6.07) is 6.22. The number of sulfonamides is 1. The van der Waals surface area contributed by atoms with Crippen molar-refractivity contribution in [3.05, 3.63) is 24.3 Å². The standard InChI is InChI=1S/C20H34N4O4S/c1-3-23-14-16-24(17-15-23)13-5-11-21-20(25)10-12-22-29(26,27)19-8-6-18(7-9-19)28-4-2/h6-9,22H,3-5,10-17H2,1-2H3,(H,21,25). The molecule has 1 aromatic rings. The van der Waals surface area contributed by atoms with Gasteiger partial charge in [0, 0.05) is 45.7 Å². The molecule has 1 fully saturated rings. The van der Waals surface area contributed by atoms with Crippen LogP contribution in [0.1, 0.15) is 26.7 Å². The second kappa shape index (κ2) is 12.1. The number of nitrogens with zero attached hydrogens (tertiary/aromatic N) is 2. The zero-order valence-corrected chi connectivity index (χ0v) is 18.3. The molecule has 1 aliphatic heterocycles. The highest BCUT2D eigenvalue weighted by molar-refractivity contribution is 7.89. The Morgan fingerprint density at radius 3 is 2.31 bits per heavy atom. The summed E-state index contributed by atoms with van der Waals surface area (Å²) < 4.78 is 32.3. The van der Waals surface area contributed by atoms with Gasteiger partial charge in [-0.25, -0.2) is 13.1 Å². The van der Waals surface area contributed by atoms with Gasteiger partial charge in [-0.2, -0.15) is 0 Å². The van der Waals surface area contributed by atoms with Crippen molar-refractivity contribution in [3.63, 3.8) is 0 Å². The minimum Gasteiger partial charge on any atom is -0.494 e. The molecule has 0 saturated carbocycles. The largest absolute Gasteiger partial charge is 0.494 e. The molecule has 2 rings (SSSR count). The number of ether oxygens (including phenoxy) is 1. The van der Waals surface area contributed by atoms with E-state index in [2.05, 4.69) is 26.8 Å². The van der Waals surface area contributed by atoms with Crippen LogP contribution in [0.25, 0.3) is 0 Å². The van der Waals surface area contributed by atoms with Crippen molar-refractivity contribution in [1.29, 1.82) is 0 Å². The van der Waals surface area contributed by atoms with E-state index in [0.29, 0.717) is 18.9 Å². The van der Waals surface area contributed by atoms with E-state index >= 15 is 0 Å². The van der Waals surface area contributed by atoms with Crippen LogP contribution in [0, 0.1) is 0 Å². The zero-order valence-electron chi connectivity index (χ0n) is 17.5. The fourth-order valence-electron chi connectivity index (χ4n) is 3.21. The fraction of sp³-hybridized carbons (Fsp3) is 0.650. The molecule has 1 amide bonds. The Labute approximate surface area is 174 Å². The van der Waals surface area contributed by atoms with Crippen LogP contribution in [-0.2, 0) is 14.8 Å². The van der Waals surface area contributed by atoms with E-state index < -0.39 is 10.0 Å². The van der Waals surface area contributed by atoms with Gasteiger partial charge in [0.05, 0.1) is 11.5 Å². The Morgan fingerprint density at radius 2 is 1.69 bits per heavy atom. The number of piperazine rings is 1. The molecule has 0 aromatic heterocycles. The maximum absolute atomic E-state index is 12.3. The molecule has 0 bridgehead atoms. The first-order valence-electron chi connectivity index (χ1n) is 10.4. The van der Waals surface area contributed by atoms with Crippen LogP contribution in [0.2, 0.25) is 0 Å². The summed E-state index contributed by atoms with van der Waals surface area (Å²) in [5, 5.41) is 2.86. The SMILES string of the molecule is CCOc1ccc(S(=O)(=O)NCCC(=O)NCCCN2CCN(CC)CC2)cc1. The third kappa shape index (κ3) is 8.30. The van der Waals surface area contributed by atoms with E-state index in [4.69, 9.17) is 4.74 Å². The highest BCUT2D eigenvalue weighted by atomic mass is 32.2. The third-order valence-corrected chi connectivity index (χ3v) is 6.45. The quantitative estimate of drug-likeness (QED) is 0.483. The lowest BCUT2D eigenvalue weighted by Gasteiger charge is -2.33. The molecule has 0 radical (unpaired) electrons. The normalized spacial score (nSPS) is 15.9. The van der Waals surface area contributed by atoms with E-state index in [0.717, 1.165) is 45.7 Å². The smallest absolute Gasteiger partial charge is 0.240 e. The van der Waals surface area contributed by atoms with Crippen molar-refractivity contribution >= 4 is 15.9 Å². The molecule has 1 aromatic carbocycles. The number of likely N-dealkylation sites (N-methyl/N-ethyl adjacent to an activating group) is 1. The Bertz CT molecular complexity index is 717. The molecular weight excluding hydrogens is 392 g/mol. The first-order valence-corrected chi connectivity index (χ1v) is 11.9. The monoisotopic (exact) mass is 426 g/mol. The van der Waals surface area contributed by atoms with Crippen molar-refractivity contribution < 1.29 is 17.9 Å². The van der Waals surface area contributed by atoms with Gasteiger partial charge in [0.2, 0.25) is 15.9 Å². The van der Waals surface area contributed by atoms with E-state index in [-0.39, 0.29) is 23.8 Å². The van der Waals surface area contributed by atoms with Crippen molar-refractivity contribution in [2.75, 3.05) is 59.0 Å². The van der Waals surface area contributed by atoms with Gasteiger partial charge in [-0.05, 0) is 50.7 Å². The Kier molecular flexibility index (Phi) is 9.86. The third-order valence-electron chi connectivity index (χ3n) is 4.97. The van der Waals surface area contributed by atoms with Crippen molar-refractivity contribution in [2.45, 2.75) is 31.6 Å². The van der Waals surface area contributed by atoms with Crippen LogP contribution in [-0.4, -0.2) is 83.1 Å². The Hall–Kier alpha value is -1.68. The van der Waals surface area contributed by atoms with E-state index in [9.17, 15) is 13.2 Å². The number of hydrogen-bond acceptors (Lipinski definition) is 6. The lowest BCUT2D eigenvalue weighted by molar-refractivity contribution is -0.120. The van der Waals surface area contributed by atoms with Gasteiger partial charge in [0.25, 0.3) is 0 Å². The zero-order chi connectivity index (χ0) is 21.1.